The molecule has 11 nitrogen and oxygen atoms in total. The number of ether oxygens (including phenoxy) is 2. The fourth-order valence-corrected chi connectivity index (χ4v) is 7.13. The van der Waals surface area contributed by atoms with E-state index in [9.17, 15) is 33.4 Å². The van der Waals surface area contributed by atoms with Gasteiger partial charge >= 0.3 is 0 Å². The normalized spacial score (nSPS) is 37.2. The van der Waals surface area contributed by atoms with Crippen molar-refractivity contribution in [2.24, 2.45) is 5.41 Å². The highest BCUT2D eigenvalue weighted by atomic mass is 19.3. The summed E-state index contributed by atoms with van der Waals surface area (Å²) >= 11 is 0. The van der Waals surface area contributed by atoms with Gasteiger partial charge in [0.25, 0.3) is 0 Å². The third-order valence-electron chi connectivity index (χ3n) is 9.30. The van der Waals surface area contributed by atoms with Gasteiger partial charge in [0.15, 0.2) is 0 Å². The molecule has 4 saturated heterocycles. The second-order valence-electron chi connectivity index (χ2n) is 14.0. The van der Waals surface area contributed by atoms with Crippen molar-refractivity contribution in [3.8, 4) is 0 Å². The number of alkyl halides is 2. The number of halogens is 2. The van der Waals surface area contributed by atoms with Crippen LogP contribution in [0, 0.1) is 5.41 Å². The summed E-state index contributed by atoms with van der Waals surface area (Å²) in [5.74, 6) is -3.37. The topological polar surface area (TPSA) is 132 Å². The number of hydrogen-bond donors (Lipinski definition) is 3. The Balaban J connectivity index is 1.40. The van der Waals surface area contributed by atoms with E-state index in [1.807, 2.05) is 25.7 Å². The molecule has 0 aromatic rings. The van der Waals surface area contributed by atoms with Gasteiger partial charge in [-0.15, -0.1) is 0 Å². The molecular formula is C29H46F2N4O7. The second-order valence-corrected chi connectivity index (χ2v) is 14.0. The van der Waals surface area contributed by atoms with Crippen LogP contribution in [0.1, 0.15) is 65.7 Å². The van der Waals surface area contributed by atoms with Crippen LogP contribution < -0.4 is 5.32 Å². The first-order valence-electron chi connectivity index (χ1n) is 15.3. The van der Waals surface area contributed by atoms with Crippen molar-refractivity contribution < 1.29 is 42.9 Å². The lowest BCUT2D eigenvalue weighted by Gasteiger charge is -2.41. The molecular weight excluding hydrogens is 554 g/mol. The van der Waals surface area contributed by atoms with Gasteiger partial charge in [-0.3, -0.25) is 19.3 Å². The van der Waals surface area contributed by atoms with Gasteiger partial charge in [-0.2, -0.15) is 0 Å². The minimum absolute atomic E-state index is 0.00437. The maximum atomic E-state index is 14.0. The van der Waals surface area contributed by atoms with Gasteiger partial charge in [0.1, 0.15) is 18.3 Å². The SMILES string of the molecule is CC(C)(C)CC(=O)N1C[C@@H]2CN(CCO2)C(=O)[C@@H]2C[C@@H](CN2C2CCC(F)(F)CC2)NC(=O)C[C@@H]2O[C@H](C1)[C@@H](O)[C@H]2O. The Morgan fingerprint density at radius 1 is 1.05 bits per heavy atom. The summed E-state index contributed by atoms with van der Waals surface area (Å²) in [4.78, 5) is 45.8. The van der Waals surface area contributed by atoms with Crippen molar-refractivity contribution in [3.63, 3.8) is 0 Å². The minimum Gasteiger partial charge on any atom is -0.388 e. The van der Waals surface area contributed by atoms with Crippen LogP contribution in [0.4, 0.5) is 8.78 Å². The summed E-state index contributed by atoms with van der Waals surface area (Å²) in [6.07, 6.45) is -4.47. The molecule has 13 heteroatoms. The number of nitrogens with zero attached hydrogens (tertiary/aromatic N) is 3. The van der Waals surface area contributed by atoms with Gasteiger partial charge in [0.2, 0.25) is 23.6 Å². The molecule has 3 N–H and O–H groups in total. The van der Waals surface area contributed by atoms with Crippen molar-refractivity contribution in [1.82, 2.24) is 20.0 Å². The number of likely N-dealkylation sites (tertiary alicyclic amines) is 1. The predicted molar refractivity (Wildman–Crippen MR) is 147 cm³/mol. The van der Waals surface area contributed by atoms with E-state index in [-0.39, 0.29) is 100.0 Å². The molecule has 4 aliphatic heterocycles. The van der Waals surface area contributed by atoms with E-state index in [0.717, 1.165) is 0 Å². The molecule has 0 aromatic heterocycles. The van der Waals surface area contributed by atoms with Crippen LogP contribution >= 0.6 is 0 Å². The van der Waals surface area contributed by atoms with E-state index in [1.54, 1.807) is 9.80 Å². The van der Waals surface area contributed by atoms with Gasteiger partial charge in [0.05, 0.1) is 31.3 Å². The molecule has 1 aliphatic carbocycles. The molecule has 4 heterocycles. The van der Waals surface area contributed by atoms with Crippen LogP contribution in [0.15, 0.2) is 0 Å². The molecule has 1 saturated carbocycles. The van der Waals surface area contributed by atoms with E-state index in [1.165, 1.54) is 0 Å². The van der Waals surface area contributed by atoms with Gasteiger partial charge in [-0.05, 0) is 24.7 Å². The van der Waals surface area contributed by atoms with Crippen molar-refractivity contribution in [3.05, 3.63) is 0 Å². The molecule has 7 atom stereocenters. The number of aliphatic hydroxyl groups is 2. The van der Waals surface area contributed by atoms with E-state index in [0.29, 0.717) is 19.5 Å². The molecule has 5 fully saturated rings. The highest BCUT2D eigenvalue weighted by molar-refractivity contribution is 5.83. The quantitative estimate of drug-likeness (QED) is 0.418. The fraction of sp³-hybridized carbons (Fsp3) is 0.897. The van der Waals surface area contributed by atoms with Gasteiger partial charge in [-0.1, -0.05) is 20.8 Å². The zero-order valence-electron chi connectivity index (χ0n) is 24.8. The first kappa shape index (κ1) is 31.5. The Hall–Kier alpha value is -1.93. The number of nitrogens with one attached hydrogen (secondary N) is 1. The Bertz CT molecular complexity index is 1020. The van der Waals surface area contributed by atoms with Crippen LogP contribution in [0.25, 0.3) is 0 Å². The van der Waals surface area contributed by atoms with Crippen LogP contribution in [-0.2, 0) is 23.9 Å². The zero-order chi connectivity index (χ0) is 30.4. The summed E-state index contributed by atoms with van der Waals surface area (Å²) in [6, 6.07) is -1.14. The minimum atomic E-state index is -2.70. The Morgan fingerprint density at radius 2 is 1.74 bits per heavy atom. The van der Waals surface area contributed by atoms with Gasteiger partial charge < -0.3 is 34.8 Å². The number of carbonyl (C=O) groups excluding carboxylic acids is 3. The number of morpholine rings is 1. The van der Waals surface area contributed by atoms with Crippen LogP contribution in [0.3, 0.4) is 0 Å². The maximum Gasteiger partial charge on any atom is 0.248 e. The number of amides is 3. The van der Waals surface area contributed by atoms with E-state index >= 15 is 0 Å². The van der Waals surface area contributed by atoms with Gasteiger partial charge in [0, 0.05) is 64.1 Å². The highest BCUT2D eigenvalue weighted by Gasteiger charge is 2.48. The molecule has 3 amide bonds. The summed E-state index contributed by atoms with van der Waals surface area (Å²) in [6.45, 7) is 7.29. The molecule has 0 radical (unpaired) electrons. The second kappa shape index (κ2) is 12.2. The van der Waals surface area contributed by atoms with Crippen molar-refractivity contribution in [2.45, 2.75) is 120 Å². The van der Waals surface area contributed by atoms with Crippen LogP contribution in [0.5, 0.6) is 0 Å². The lowest BCUT2D eigenvalue weighted by atomic mass is 9.90. The maximum absolute atomic E-state index is 14.0. The average molecular weight is 601 g/mol. The van der Waals surface area contributed by atoms with Gasteiger partial charge in [-0.25, -0.2) is 8.78 Å². The number of aliphatic hydroxyl groups excluding tert-OH is 2. The number of fused-ring (bicyclic) bond motifs is 6. The molecule has 42 heavy (non-hydrogen) atoms. The Kier molecular flexibility index (Phi) is 9.16. The fourth-order valence-electron chi connectivity index (χ4n) is 7.13. The molecule has 5 rings (SSSR count). The van der Waals surface area contributed by atoms with Crippen molar-refractivity contribution in [2.75, 3.05) is 39.3 Å². The monoisotopic (exact) mass is 600 g/mol. The highest BCUT2D eigenvalue weighted by Crippen LogP contribution is 2.38. The van der Waals surface area contributed by atoms with Crippen LogP contribution in [-0.4, -0.2) is 137 Å². The summed E-state index contributed by atoms with van der Waals surface area (Å²) in [5, 5.41) is 24.5. The van der Waals surface area contributed by atoms with E-state index < -0.39 is 42.5 Å². The number of rotatable bonds is 2. The molecule has 6 bridgehead atoms. The average Bonchev–Trinajstić information content (AvgIpc) is 3.43. The molecule has 0 spiro atoms. The molecule has 0 aromatic carbocycles. The zero-order valence-corrected chi connectivity index (χ0v) is 24.8. The van der Waals surface area contributed by atoms with Crippen LogP contribution in [0.2, 0.25) is 0 Å². The third kappa shape index (κ3) is 7.23. The predicted octanol–water partition coefficient (Wildman–Crippen LogP) is 0.509. The standard InChI is InChI=1S/C29H46F2N4O7/c1-28(2,3)12-24(37)34-15-19-14-33(8-9-41-19)27(40)20-10-17(13-35(20)18-4-6-29(30,31)7-5-18)32-23(36)11-21-25(38)26(39)22(16-34)42-21/h17-22,25-26,38-39H,4-16H2,1-3H3,(H,32,36)/t17-,19-,20-,21-,22+,25-,26+/m0/s1. The lowest BCUT2D eigenvalue weighted by Crippen LogP contribution is -2.56. The number of carbonyl (C=O) groups is 3. The molecule has 0 unspecified atom stereocenters. The van der Waals surface area contributed by atoms with E-state index in [2.05, 4.69) is 5.32 Å². The van der Waals surface area contributed by atoms with Crippen molar-refractivity contribution in [1.29, 1.82) is 0 Å². The summed E-state index contributed by atoms with van der Waals surface area (Å²) < 4.78 is 39.9. The first-order valence-corrected chi connectivity index (χ1v) is 15.3. The van der Waals surface area contributed by atoms with Crippen molar-refractivity contribution >= 4 is 17.7 Å². The smallest absolute Gasteiger partial charge is 0.248 e. The summed E-state index contributed by atoms with van der Waals surface area (Å²) in [5.41, 5.74) is -0.303. The molecule has 238 valence electrons. The van der Waals surface area contributed by atoms with E-state index in [4.69, 9.17) is 9.47 Å². The molecule has 5 aliphatic rings. The Morgan fingerprint density at radius 3 is 2.43 bits per heavy atom. The number of hydrogen-bond acceptors (Lipinski definition) is 8. The summed E-state index contributed by atoms with van der Waals surface area (Å²) in [7, 11) is 0. The first-order chi connectivity index (χ1) is 19.7. The third-order valence-corrected chi connectivity index (χ3v) is 9.30. The Labute approximate surface area is 245 Å². The largest absolute Gasteiger partial charge is 0.388 e. The lowest BCUT2D eigenvalue weighted by molar-refractivity contribution is -0.148.